The molecule has 1 aromatic carbocycles. The van der Waals surface area contributed by atoms with E-state index in [0.717, 1.165) is 37.2 Å². The largest absolute Gasteiger partial charge is 0.493 e. The van der Waals surface area contributed by atoms with Gasteiger partial charge in [0.05, 0.1) is 6.61 Å². The van der Waals surface area contributed by atoms with E-state index in [1.165, 1.54) is 24.0 Å². The van der Waals surface area contributed by atoms with Gasteiger partial charge in [-0.2, -0.15) is 0 Å². The van der Waals surface area contributed by atoms with Crippen molar-refractivity contribution in [1.82, 2.24) is 0 Å². The lowest BCUT2D eigenvalue weighted by atomic mass is 10.0. The Morgan fingerprint density at radius 1 is 1.33 bits per heavy atom. The summed E-state index contributed by atoms with van der Waals surface area (Å²) in [6.07, 6.45) is 3.60. The monoisotopic (exact) mass is 203 g/mol. The van der Waals surface area contributed by atoms with Crippen LogP contribution in [0.1, 0.15) is 17.5 Å². The Hall–Kier alpha value is -1.02. The van der Waals surface area contributed by atoms with Gasteiger partial charge in [0.2, 0.25) is 0 Å². The van der Waals surface area contributed by atoms with Gasteiger partial charge in [0, 0.05) is 6.42 Å². The van der Waals surface area contributed by atoms with Crippen molar-refractivity contribution in [2.75, 3.05) is 13.2 Å². The number of benzene rings is 1. The molecule has 0 amide bonds. The number of hydrogen-bond donors (Lipinski definition) is 1. The Balaban J connectivity index is 1.71. The van der Waals surface area contributed by atoms with Crippen molar-refractivity contribution < 1.29 is 4.74 Å². The van der Waals surface area contributed by atoms with E-state index in [9.17, 15) is 0 Å². The molecule has 2 atom stereocenters. The first-order chi connectivity index (χ1) is 7.36. The molecule has 3 rings (SSSR count). The summed E-state index contributed by atoms with van der Waals surface area (Å²) in [7, 11) is 0. The molecule has 1 aliphatic heterocycles. The number of ether oxygens (including phenoxy) is 1. The molecule has 0 spiro atoms. The van der Waals surface area contributed by atoms with Gasteiger partial charge in [0.15, 0.2) is 0 Å². The summed E-state index contributed by atoms with van der Waals surface area (Å²) in [5, 5.41) is 0. The third kappa shape index (κ3) is 1.74. The second kappa shape index (κ2) is 3.53. The summed E-state index contributed by atoms with van der Waals surface area (Å²) in [5.41, 5.74) is 8.49. The Morgan fingerprint density at radius 3 is 3.07 bits per heavy atom. The maximum Gasteiger partial charge on any atom is 0.122 e. The second-order valence-electron chi connectivity index (χ2n) is 4.74. The number of nitrogens with two attached hydrogens (primary N) is 1. The standard InChI is InChI=1S/C13H17NO/c14-8-12-7-11(12)6-9-1-2-13-10(5-9)3-4-15-13/h1-2,5,11-12H,3-4,6-8,14H2/t11-,12+/m1/s1. The summed E-state index contributed by atoms with van der Waals surface area (Å²) in [6, 6.07) is 6.64. The van der Waals surface area contributed by atoms with Gasteiger partial charge in [0.1, 0.15) is 5.75 Å². The van der Waals surface area contributed by atoms with Gasteiger partial charge in [-0.3, -0.25) is 0 Å². The van der Waals surface area contributed by atoms with Crippen LogP contribution in [0.25, 0.3) is 0 Å². The smallest absolute Gasteiger partial charge is 0.122 e. The maximum absolute atomic E-state index is 5.65. The molecule has 15 heavy (non-hydrogen) atoms. The zero-order valence-electron chi connectivity index (χ0n) is 8.91. The first kappa shape index (κ1) is 9.22. The van der Waals surface area contributed by atoms with E-state index in [1.807, 2.05) is 0 Å². The fraction of sp³-hybridized carbons (Fsp3) is 0.538. The average Bonchev–Trinajstić information content (AvgIpc) is 2.84. The van der Waals surface area contributed by atoms with Crippen LogP contribution >= 0.6 is 0 Å². The van der Waals surface area contributed by atoms with E-state index in [2.05, 4.69) is 18.2 Å². The normalized spacial score (nSPS) is 27.3. The van der Waals surface area contributed by atoms with Crippen LogP contribution in [0.3, 0.4) is 0 Å². The third-order valence-corrected chi connectivity index (χ3v) is 3.62. The van der Waals surface area contributed by atoms with Crippen molar-refractivity contribution in [1.29, 1.82) is 0 Å². The van der Waals surface area contributed by atoms with Gasteiger partial charge in [-0.05, 0) is 48.4 Å². The van der Waals surface area contributed by atoms with Gasteiger partial charge >= 0.3 is 0 Å². The Morgan fingerprint density at radius 2 is 2.27 bits per heavy atom. The molecule has 1 aliphatic carbocycles. The highest BCUT2D eigenvalue weighted by Gasteiger charge is 2.35. The fourth-order valence-electron chi connectivity index (χ4n) is 2.52. The summed E-state index contributed by atoms with van der Waals surface area (Å²) < 4.78 is 5.50. The molecule has 0 saturated heterocycles. The molecule has 0 unspecified atom stereocenters. The number of hydrogen-bond acceptors (Lipinski definition) is 2. The van der Waals surface area contributed by atoms with Crippen LogP contribution in [-0.4, -0.2) is 13.2 Å². The highest BCUT2D eigenvalue weighted by atomic mass is 16.5. The molecule has 1 aromatic rings. The van der Waals surface area contributed by atoms with Crippen LogP contribution in [0, 0.1) is 11.8 Å². The van der Waals surface area contributed by atoms with E-state index >= 15 is 0 Å². The predicted octanol–water partition coefficient (Wildman–Crippen LogP) is 1.76. The van der Waals surface area contributed by atoms with Crippen LogP contribution < -0.4 is 10.5 Å². The lowest BCUT2D eigenvalue weighted by Gasteiger charge is -2.03. The average molecular weight is 203 g/mol. The number of fused-ring (bicyclic) bond motifs is 1. The fourth-order valence-corrected chi connectivity index (χ4v) is 2.52. The van der Waals surface area contributed by atoms with Crippen molar-refractivity contribution >= 4 is 0 Å². The van der Waals surface area contributed by atoms with Gasteiger partial charge in [-0.25, -0.2) is 0 Å². The highest BCUT2D eigenvalue weighted by molar-refractivity contribution is 5.40. The van der Waals surface area contributed by atoms with Crippen molar-refractivity contribution in [3.8, 4) is 5.75 Å². The van der Waals surface area contributed by atoms with Crippen LogP contribution in [-0.2, 0) is 12.8 Å². The summed E-state index contributed by atoms with van der Waals surface area (Å²) in [6.45, 7) is 1.71. The molecule has 0 bridgehead atoms. The Labute approximate surface area is 90.4 Å². The third-order valence-electron chi connectivity index (χ3n) is 3.62. The van der Waals surface area contributed by atoms with Crippen LogP contribution in [0.15, 0.2) is 18.2 Å². The molecule has 80 valence electrons. The minimum absolute atomic E-state index is 0.787. The van der Waals surface area contributed by atoms with Gasteiger partial charge in [0.25, 0.3) is 0 Å². The lowest BCUT2D eigenvalue weighted by Crippen LogP contribution is -2.03. The van der Waals surface area contributed by atoms with E-state index < -0.39 is 0 Å². The minimum Gasteiger partial charge on any atom is -0.493 e. The van der Waals surface area contributed by atoms with Crippen LogP contribution in [0.4, 0.5) is 0 Å². The molecule has 0 radical (unpaired) electrons. The van der Waals surface area contributed by atoms with Crippen LogP contribution in [0.2, 0.25) is 0 Å². The van der Waals surface area contributed by atoms with Crippen molar-refractivity contribution in [3.63, 3.8) is 0 Å². The topological polar surface area (TPSA) is 35.2 Å². The Bertz CT molecular complexity index is 375. The molecule has 2 N–H and O–H groups in total. The van der Waals surface area contributed by atoms with Crippen molar-refractivity contribution in [2.45, 2.75) is 19.3 Å². The van der Waals surface area contributed by atoms with Crippen LogP contribution in [0.5, 0.6) is 5.75 Å². The minimum atomic E-state index is 0.787. The van der Waals surface area contributed by atoms with Crippen molar-refractivity contribution in [2.24, 2.45) is 17.6 Å². The van der Waals surface area contributed by atoms with Gasteiger partial charge in [-0.1, -0.05) is 12.1 Å². The number of rotatable bonds is 3. The summed E-state index contributed by atoms with van der Waals surface area (Å²) in [4.78, 5) is 0. The molecule has 0 aromatic heterocycles. The SMILES string of the molecule is NC[C@@H]1C[C@H]1Cc1ccc2c(c1)CCO2. The molecule has 2 nitrogen and oxygen atoms in total. The van der Waals surface area contributed by atoms with Crippen molar-refractivity contribution in [3.05, 3.63) is 29.3 Å². The zero-order valence-corrected chi connectivity index (χ0v) is 8.91. The van der Waals surface area contributed by atoms with E-state index in [4.69, 9.17) is 10.5 Å². The summed E-state index contributed by atoms with van der Waals surface area (Å²) >= 11 is 0. The summed E-state index contributed by atoms with van der Waals surface area (Å²) in [5.74, 6) is 2.72. The predicted molar refractivity (Wildman–Crippen MR) is 60.0 cm³/mol. The first-order valence-electron chi connectivity index (χ1n) is 5.81. The molecule has 1 fully saturated rings. The first-order valence-corrected chi connectivity index (χ1v) is 5.81. The second-order valence-corrected chi connectivity index (χ2v) is 4.74. The molecule has 1 heterocycles. The van der Waals surface area contributed by atoms with Gasteiger partial charge in [-0.15, -0.1) is 0 Å². The quantitative estimate of drug-likeness (QED) is 0.812. The molecule has 2 heteroatoms. The molecule has 1 saturated carbocycles. The Kier molecular flexibility index (Phi) is 2.17. The maximum atomic E-state index is 5.65. The van der Waals surface area contributed by atoms with E-state index in [1.54, 1.807) is 0 Å². The van der Waals surface area contributed by atoms with E-state index in [-0.39, 0.29) is 0 Å². The molecular weight excluding hydrogens is 186 g/mol. The van der Waals surface area contributed by atoms with Gasteiger partial charge < -0.3 is 10.5 Å². The molecular formula is C13H17NO. The van der Waals surface area contributed by atoms with E-state index in [0.29, 0.717) is 0 Å². The zero-order chi connectivity index (χ0) is 10.3. The highest BCUT2D eigenvalue weighted by Crippen LogP contribution is 2.40. The molecule has 2 aliphatic rings. The lowest BCUT2D eigenvalue weighted by molar-refractivity contribution is 0.357.